The van der Waals surface area contributed by atoms with E-state index in [4.69, 9.17) is 23.2 Å². The van der Waals surface area contributed by atoms with Gasteiger partial charge in [-0.25, -0.2) is 0 Å². The Kier molecular flexibility index (Phi) is 6.99. The van der Waals surface area contributed by atoms with Crippen molar-refractivity contribution in [1.82, 2.24) is 15.1 Å². The van der Waals surface area contributed by atoms with Gasteiger partial charge in [0.05, 0.1) is 0 Å². The van der Waals surface area contributed by atoms with E-state index in [0.29, 0.717) is 11.4 Å². The highest BCUT2D eigenvalue weighted by Gasteiger charge is 2.21. The van der Waals surface area contributed by atoms with Crippen molar-refractivity contribution < 1.29 is 4.79 Å². The molecular weight excluding hydrogens is 357 g/mol. The molecule has 1 aromatic rings. The minimum Gasteiger partial charge on any atom is -0.340 e. The molecule has 128 valence electrons. The summed E-state index contributed by atoms with van der Waals surface area (Å²) in [5.41, 5.74) is 2.40. The largest absolute Gasteiger partial charge is 0.340 e. The number of carbonyl (C=O) groups excluding carboxylic acids is 1. The third-order valence-electron chi connectivity index (χ3n) is 4.44. The van der Waals surface area contributed by atoms with Crippen molar-refractivity contribution in [3.63, 3.8) is 0 Å². The Morgan fingerprint density at radius 1 is 1.17 bits per heavy atom. The van der Waals surface area contributed by atoms with Gasteiger partial charge < -0.3 is 10.2 Å². The average molecular weight is 379 g/mol. The highest BCUT2D eigenvalue weighted by Crippen LogP contribution is 2.29. The van der Waals surface area contributed by atoms with E-state index >= 15 is 0 Å². The third kappa shape index (κ3) is 4.74. The zero-order valence-corrected chi connectivity index (χ0v) is 15.3. The molecule has 2 aliphatic heterocycles. The molecule has 0 aromatic heterocycles. The lowest BCUT2D eigenvalue weighted by Crippen LogP contribution is -2.47. The zero-order chi connectivity index (χ0) is 15.5. The zero-order valence-electron chi connectivity index (χ0n) is 13.0. The van der Waals surface area contributed by atoms with Crippen LogP contribution in [0.15, 0.2) is 12.1 Å². The third-order valence-corrected chi connectivity index (χ3v) is 5.00. The molecular formula is C16H22Cl3N3O. The first kappa shape index (κ1) is 18.8. The van der Waals surface area contributed by atoms with Crippen LogP contribution < -0.4 is 5.32 Å². The topological polar surface area (TPSA) is 35.6 Å². The van der Waals surface area contributed by atoms with Crippen molar-refractivity contribution in [2.75, 3.05) is 39.3 Å². The van der Waals surface area contributed by atoms with E-state index in [-0.39, 0.29) is 18.3 Å². The van der Waals surface area contributed by atoms with Crippen molar-refractivity contribution in [1.29, 1.82) is 0 Å². The van der Waals surface area contributed by atoms with Gasteiger partial charge in [0.25, 0.3) is 0 Å². The molecule has 0 atom stereocenters. The molecule has 0 saturated carbocycles. The van der Waals surface area contributed by atoms with Crippen molar-refractivity contribution in [3.8, 4) is 0 Å². The maximum absolute atomic E-state index is 12.2. The molecule has 2 aliphatic rings. The Balaban J connectivity index is 0.00000192. The van der Waals surface area contributed by atoms with Crippen LogP contribution in [0, 0.1) is 0 Å². The first-order valence-electron chi connectivity index (χ1n) is 7.81. The maximum Gasteiger partial charge on any atom is 0.223 e. The van der Waals surface area contributed by atoms with E-state index in [1.807, 2.05) is 11.0 Å². The van der Waals surface area contributed by atoms with Gasteiger partial charge in [0.15, 0.2) is 0 Å². The number of carbonyl (C=O) groups is 1. The molecule has 1 fully saturated rings. The number of benzene rings is 1. The Morgan fingerprint density at radius 3 is 2.65 bits per heavy atom. The van der Waals surface area contributed by atoms with Crippen molar-refractivity contribution in [2.24, 2.45) is 0 Å². The summed E-state index contributed by atoms with van der Waals surface area (Å²) in [5, 5.41) is 4.70. The molecule has 0 radical (unpaired) electrons. The van der Waals surface area contributed by atoms with Gasteiger partial charge in [0, 0.05) is 62.3 Å². The van der Waals surface area contributed by atoms with Crippen LogP contribution in [0.3, 0.4) is 0 Å². The number of amides is 1. The Labute approximate surface area is 153 Å². The van der Waals surface area contributed by atoms with Crippen LogP contribution in [0.2, 0.25) is 10.0 Å². The Bertz CT molecular complexity index is 562. The SMILES string of the molecule is Cl.O=C(CCN1CCc2cc(Cl)cc(Cl)c2C1)N1CCNCC1. The first-order valence-corrected chi connectivity index (χ1v) is 8.57. The van der Waals surface area contributed by atoms with E-state index in [0.717, 1.165) is 62.8 Å². The van der Waals surface area contributed by atoms with Crippen LogP contribution in [0.4, 0.5) is 0 Å². The number of nitrogens with one attached hydrogen (secondary N) is 1. The van der Waals surface area contributed by atoms with Crippen LogP contribution in [0.5, 0.6) is 0 Å². The lowest BCUT2D eigenvalue weighted by molar-refractivity contribution is -0.132. The summed E-state index contributed by atoms with van der Waals surface area (Å²) in [5.74, 6) is 0.259. The van der Waals surface area contributed by atoms with Gasteiger partial charge in [-0.05, 0) is 29.7 Å². The molecule has 1 N–H and O–H groups in total. The summed E-state index contributed by atoms with van der Waals surface area (Å²) >= 11 is 12.4. The molecule has 0 bridgehead atoms. The second kappa shape index (κ2) is 8.54. The highest BCUT2D eigenvalue weighted by molar-refractivity contribution is 6.35. The van der Waals surface area contributed by atoms with Gasteiger partial charge in [-0.2, -0.15) is 0 Å². The van der Waals surface area contributed by atoms with Crippen molar-refractivity contribution >= 4 is 41.5 Å². The van der Waals surface area contributed by atoms with Gasteiger partial charge in [-0.1, -0.05) is 23.2 Å². The Morgan fingerprint density at radius 2 is 1.91 bits per heavy atom. The molecule has 4 nitrogen and oxygen atoms in total. The smallest absolute Gasteiger partial charge is 0.223 e. The van der Waals surface area contributed by atoms with Crippen molar-refractivity contribution in [3.05, 3.63) is 33.3 Å². The molecule has 0 unspecified atom stereocenters. The van der Waals surface area contributed by atoms with Crippen LogP contribution >= 0.6 is 35.6 Å². The molecule has 23 heavy (non-hydrogen) atoms. The standard InChI is InChI=1S/C16H21Cl2N3O.ClH/c17-13-9-12-1-5-20(11-14(12)15(18)10-13)6-2-16(22)21-7-3-19-4-8-21;/h9-10,19H,1-8,11H2;1H. The molecule has 1 saturated heterocycles. The predicted octanol–water partition coefficient (Wildman–Crippen LogP) is 2.60. The normalized spacial score (nSPS) is 18.3. The summed E-state index contributed by atoms with van der Waals surface area (Å²) in [7, 11) is 0. The fourth-order valence-electron chi connectivity index (χ4n) is 3.16. The van der Waals surface area contributed by atoms with E-state index in [1.54, 1.807) is 6.07 Å². The molecule has 0 spiro atoms. The lowest BCUT2D eigenvalue weighted by atomic mass is 9.99. The van der Waals surface area contributed by atoms with Gasteiger partial charge in [0.2, 0.25) is 5.91 Å². The number of hydrogen-bond acceptors (Lipinski definition) is 3. The van der Waals surface area contributed by atoms with E-state index in [1.165, 1.54) is 5.56 Å². The molecule has 1 aromatic carbocycles. The fraction of sp³-hybridized carbons (Fsp3) is 0.562. The number of nitrogens with zero attached hydrogens (tertiary/aromatic N) is 2. The quantitative estimate of drug-likeness (QED) is 0.878. The minimum atomic E-state index is 0. The van der Waals surface area contributed by atoms with E-state index < -0.39 is 0 Å². The Hall–Kier alpha value is -0.520. The average Bonchev–Trinajstić information content (AvgIpc) is 2.53. The van der Waals surface area contributed by atoms with Gasteiger partial charge in [-0.3, -0.25) is 9.69 Å². The first-order chi connectivity index (χ1) is 10.6. The fourth-order valence-corrected chi connectivity index (χ4v) is 3.75. The van der Waals surface area contributed by atoms with E-state index in [2.05, 4.69) is 10.2 Å². The molecule has 3 rings (SSSR count). The molecule has 2 heterocycles. The van der Waals surface area contributed by atoms with Gasteiger partial charge in [-0.15, -0.1) is 12.4 Å². The number of halogens is 3. The second-order valence-corrected chi connectivity index (χ2v) is 6.78. The maximum atomic E-state index is 12.2. The van der Waals surface area contributed by atoms with E-state index in [9.17, 15) is 4.79 Å². The number of piperazine rings is 1. The molecule has 1 amide bonds. The summed E-state index contributed by atoms with van der Waals surface area (Å²) in [6.07, 6.45) is 1.53. The van der Waals surface area contributed by atoms with Gasteiger partial charge in [0.1, 0.15) is 0 Å². The predicted molar refractivity (Wildman–Crippen MR) is 96.8 cm³/mol. The summed E-state index contributed by atoms with van der Waals surface area (Å²) in [6.45, 7) is 6.01. The molecule has 7 heteroatoms. The minimum absolute atomic E-state index is 0. The summed E-state index contributed by atoms with van der Waals surface area (Å²) in [6, 6.07) is 3.81. The van der Waals surface area contributed by atoms with Crippen LogP contribution in [-0.2, 0) is 17.8 Å². The number of rotatable bonds is 3. The van der Waals surface area contributed by atoms with Crippen LogP contribution in [-0.4, -0.2) is 55.0 Å². The van der Waals surface area contributed by atoms with Crippen molar-refractivity contribution in [2.45, 2.75) is 19.4 Å². The summed E-state index contributed by atoms with van der Waals surface area (Å²) in [4.78, 5) is 16.5. The van der Waals surface area contributed by atoms with Crippen LogP contribution in [0.25, 0.3) is 0 Å². The number of hydrogen-bond donors (Lipinski definition) is 1. The highest BCUT2D eigenvalue weighted by atomic mass is 35.5. The molecule has 0 aliphatic carbocycles. The monoisotopic (exact) mass is 377 g/mol. The second-order valence-electron chi connectivity index (χ2n) is 5.93. The number of fused-ring (bicyclic) bond motifs is 1. The summed E-state index contributed by atoms with van der Waals surface area (Å²) < 4.78 is 0. The lowest BCUT2D eigenvalue weighted by Gasteiger charge is -2.31. The van der Waals surface area contributed by atoms with Gasteiger partial charge >= 0.3 is 0 Å². The van der Waals surface area contributed by atoms with Crippen LogP contribution in [0.1, 0.15) is 17.5 Å².